The van der Waals surface area contributed by atoms with Gasteiger partial charge in [-0.05, 0) is 24.6 Å². The van der Waals surface area contributed by atoms with Crippen LogP contribution in [0.15, 0.2) is 30.5 Å². The van der Waals surface area contributed by atoms with Gasteiger partial charge in [-0.1, -0.05) is 17.3 Å². The van der Waals surface area contributed by atoms with Gasteiger partial charge in [0.25, 0.3) is 0 Å². The molecule has 2 aromatic rings. The maximum Gasteiger partial charge on any atom is 0.246 e. The van der Waals surface area contributed by atoms with Crippen LogP contribution in [0.5, 0.6) is 0 Å². The maximum atomic E-state index is 11.8. The minimum absolute atomic E-state index is 0.0283. The third kappa shape index (κ3) is 3.91. The average molecular weight is 273 g/mol. The Hall–Kier alpha value is -2.70. The van der Waals surface area contributed by atoms with Crippen molar-refractivity contribution in [3.8, 4) is 0 Å². The Bertz CT molecular complexity index is 635. The van der Waals surface area contributed by atoms with Gasteiger partial charge in [-0.2, -0.15) is 0 Å². The molecule has 2 N–H and O–H groups in total. The van der Waals surface area contributed by atoms with Crippen LogP contribution in [0.2, 0.25) is 0 Å². The molecule has 0 radical (unpaired) electrons. The van der Waals surface area contributed by atoms with Gasteiger partial charge in [0.1, 0.15) is 6.54 Å². The second-order valence-electron chi connectivity index (χ2n) is 4.40. The highest BCUT2D eigenvalue weighted by atomic mass is 16.2. The van der Waals surface area contributed by atoms with E-state index in [1.54, 1.807) is 0 Å². The fraction of sp³-hybridized carbons (Fsp3) is 0.231. The highest BCUT2D eigenvalue weighted by Gasteiger charge is 2.07. The van der Waals surface area contributed by atoms with E-state index in [1.807, 2.05) is 31.2 Å². The van der Waals surface area contributed by atoms with Gasteiger partial charge in [-0.15, -0.1) is 5.10 Å². The first kappa shape index (κ1) is 13.7. The van der Waals surface area contributed by atoms with E-state index in [0.717, 1.165) is 11.3 Å². The molecule has 0 spiro atoms. The Morgan fingerprint density at radius 3 is 2.80 bits per heavy atom. The molecular weight excluding hydrogens is 258 g/mol. The molecule has 0 aliphatic rings. The molecule has 0 saturated carbocycles. The van der Waals surface area contributed by atoms with Gasteiger partial charge >= 0.3 is 0 Å². The summed E-state index contributed by atoms with van der Waals surface area (Å²) in [4.78, 5) is 22.7. The lowest BCUT2D eigenvalue weighted by Gasteiger charge is -2.05. The zero-order valence-electron chi connectivity index (χ0n) is 11.3. The normalized spacial score (nSPS) is 10.1. The highest BCUT2D eigenvalue weighted by Crippen LogP contribution is 2.09. The van der Waals surface area contributed by atoms with E-state index >= 15 is 0 Å². The molecule has 2 rings (SSSR count). The predicted octanol–water partition coefficient (Wildman–Crippen LogP) is 1.18. The van der Waals surface area contributed by atoms with Crippen LogP contribution >= 0.6 is 0 Å². The summed E-state index contributed by atoms with van der Waals surface area (Å²) in [6.07, 6.45) is 1.50. The summed E-state index contributed by atoms with van der Waals surface area (Å²) in [6.45, 7) is 3.36. The molecule has 7 nitrogen and oxygen atoms in total. The smallest absolute Gasteiger partial charge is 0.246 e. The first-order valence-electron chi connectivity index (χ1n) is 6.07. The molecule has 0 bridgehead atoms. The molecule has 0 unspecified atom stereocenters. The van der Waals surface area contributed by atoms with Crippen LogP contribution in [0, 0.1) is 6.92 Å². The molecule has 20 heavy (non-hydrogen) atoms. The minimum Gasteiger partial charge on any atom is -0.324 e. The lowest BCUT2D eigenvalue weighted by Crippen LogP contribution is -2.19. The van der Waals surface area contributed by atoms with E-state index < -0.39 is 0 Å². The molecule has 0 fully saturated rings. The number of carbonyl (C=O) groups excluding carboxylic acids is 2. The fourth-order valence-corrected chi connectivity index (χ4v) is 1.68. The predicted molar refractivity (Wildman–Crippen MR) is 74.1 cm³/mol. The van der Waals surface area contributed by atoms with Crippen LogP contribution in [0.1, 0.15) is 12.5 Å². The highest BCUT2D eigenvalue weighted by molar-refractivity contribution is 5.90. The molecule has 1 aromatic carbocycles. The van der Waals surface area contributed by atoms with Crippen molar-refractivity contribution in [3.63, 3.8) is 0 Å². The Morgan fingerprint density at radius 1 is 1.30 bits per heavy atom. The maximum absolute atomic E-state index is 11.8. The van der Waals surface area contributed by atoms with Crippen LogP contribution in [-0.4, -0.2) is 26.8 Å². The summed E-state index contributed by atoms with van der Waals surface area (Å²) in [5.41, 5.74) is 1.80. The van der Waals surface area contributed by atoms with Crippen molar-refractivity contribution in [2.75, 3.05) is 10.6 Å². The zero-order valence-corrected chi connectivity index (χ0v) is 11.3. The van der Waals surface area contributed by atoms with E-state index in [2.05, 4.69) is 20.9 Å². The molecule has 0 aliphatic carbocycles. The minimum atomic E-state index is -0.235. The third-order valence-electron chi connectivity index (χ3n) is 2.45. The molecule has 2 amide bonds. The number of hydrogen-bond acceptors (Lipinski definition) is 4. The second kappa shape index (κ2) is 5.96. The van der Waals surface area contributed by atoms with Crippen LogP contribution in [0.25, 0.3) is 0 Å². The number of benzene rings is 1. The van der Waals surface area contributed by atoms with Crippen molar-refractivity contribution in [3.05, 3.63) is 36.0 Å². The number of aryl methyl sites for hydroxylation is 1. The number of nitrogens with one attached hydrogen (secondary N) is 2. The number of hydrogen-bond donors (Lipinski definition) is 2. The molecule has 1 aromatic heterocycles. The number of carbonyl (C=O) groups is 2. The Balaban J connectivity index is 1.94. The van der Waals surface area contributed by atoms with Crippen LogP contribution in [-0.2, 0) is 16.1 Å². The number of aromatic nitrogens is 3. The lowest BCUT2D eigenvalue weighted by molar-refractivity contribution is -0.117. The van der Waals surface area contributed by atoms with Crippen molar-refractivity contribution in [2.24, 2.45) is 0 Å². The third-order valence-corrected chi connectivity index (χ3v) is 2.45. The lowest BCUT2D eigenvalue weighted by atomic mass is 10.2. The van der Waals surface area contributed by atoms with Gasteiger partial charge in [0.05, 0.1) is 6.20 Å². The summed E-state index contributed by atoms with van der Waals surface area (Å²) in [6, 6.07) is 7.51. The van der Waals surface area contributed by atoms with Gasteiger partial charge in [0.2, 0.25) is 11.8 Å². The van der Waals surface area contributed by atoms with E-state index in [9.17, 15) is 9.59 Å². The van der Waals surface area contributed by atoms with E-state index in [4.69, 9.17) is 0 Å². The van der Waals surface area contributed by atoms with Crippen molar-refractivity contribution >= 4 is 23.3 Å². The van der Waals surface area contributed by atoms with Crippen molar-refractivity contribution < 1.29 is 9.59 Å². The SMILES string of the molecule is CC(=O)Nc1cn(CC(=O)Nc2cccc(C)c2)nn1. The number of nitrogens with zero attached hydrogens (tertiary/aromatic N) is 3. The first-order valence-corrected chi connectivity index (χ1v) is 6.07. The van der Waals surface area contributed by atoms with Crippen LogP contribution in [0.3, 0.4) is 0 Å². The number of amides is 2. The van der Waals surface area contributed by atoms with Gasteiger partial charge in [-0.3, -0.25) is 9.59 Å². The first-order chi connectivity index (χ1) is 9.52. The van der Waals surface area contributed by atoms with Gasteiger partial charge < -0.3 is 10.6 Å². The van der Waals surface area contributed by atoms with Gasteiger partial charge in [0, 0.05) is 12.6 Å². The summed E-state index contributed by atoms with van der Waals surface area (Å²) < 4.78 is 1.36. The molecule has 0 atom stereocenters. The van der Waals surface area contributed by atoms with Crippen molar-refractivity contribution in [2.45, 2.75) is 20.4 Å². The topological polar surface area (TPSA) is 88.9 Å². The second-order valence-corrected chi connectivity index (χ2v) is 4.40. The Kier molecular flexibility index (Phi) is 4.09. The van der Waals surface area contributed by atoms with E-state index in [1.165, 1.54) is 17.8 Å². The monoisotopic (exact) mass is 273 g/mol. The largest absolute Gasteiger partial charge is 0.324 e. The van der Waals surface area contributed by atoms with E-state index in [-0.39, 0.29) is 18.4 Å². The van der Waals surface area contributed by atoms with Crippen LogP contribution < -0.4 is 10.6 Å². The Labute approximate surface area is 116 Å². The molecular formula is C13H15N5O2. The molecule has 0 saturated heterocycles. The zero-order chi connectivity index (χ0) is 14.5. The number of rotatable bonds is 4. The summed E-state index contributed by atoms with van der Waals surface area (Å²) >= 11 is 0. The van der Waals surface area contributed by atoms with Gasteiger partial charge in [0.15, 0.2) is 5.82 Å². The van der Waals surface area contributed by atoms with Crippen molar-refractivity contribution in [1.82, 2.24) is 15.0 Å². The van der Waals surface area contributed by atoms with Crippen molar-refractivity contribution in [1.29, 1.82) is 0 Å². The number of anilines is 2. The standard InChI is InChI=1S/C13H15N5O2/c1-9-4-3-5-11(6-9)15-13(20)8-18-7-12(16-17-18)14-10(2)19/h3-7H,8H2,1-2H3,(H,14,19)(H,15,20). The molecule has 104 valence electrons. The molecule has 0 aliphatic heterocycles. The summed E-state index contributed by atoms with van der Waals surface area (Å²) in [5, 5.41) is 12.7. The molecule has 7 heteroatoms. The van der Waals surface area contributed by atoms with Gasteiger partial charge in [-0.25, -0.2) is 4.68 Å². The summed E-state index contributed by atoms with van der Waals surface area (Å²) in [5.74, 6) is -0.128. The van der Waals surface area contributed by atoms with Crippen LogP contribution in [0.4, 0.5) is 11.5 Å². The average Bonchev–Trinajstić information content (AvgIpc) is 2.75. The summed E-state index contributed by atoms with van der Waals surface area (Å²) in [7, 11) is 0. The molecule has 1 heterocycles. The van der Waals surface area contributed by atoms with E-state index in [0.29, 0.717) is 5.82 Å². The fourth-order valence-electron chi connectivity index (χ4n) is 1.68. The Morgan fingerprint density at radius 2 is 2.10 bits per heavy atom. The quantitative estimate of drug-likeness (QED) is 0.875.